The molecule has 2 amide bonds. The summed E-state index contributed by atoms with van der Waals surface area (Å²) in [6.07, 6.45) is 0. The van der Waals surface area contributed by atoms with E-state index >= 15 is 0 Å². The summed E-state index contributed by atoms with van der Waals surface area (Å²) in [4.78, 5) is 24.5. The molecule has 0 unspecified atom stereocenters. The van der Waals surface area contributed by atoms with E-state index in [2.05, 4.69) is 5.32 Å². The second kappa shape index (κ2) is 7.83. The van der Waals surface area contributed by atoms with E-state index < -0.39 is 41.5 Å². The van der Waals surface area contributed by atoms with Crippen molar-refractivity contribution in [3.63, 3.8) is 0 Å². The number of hydrogen-bond acceptors (Lipinski definition) is 2. The van der Waals surface area contributed by atoms with Crippen molar-refractivity contribution < 1.29 is 22.8 Å². The fourth-order valence-electron chi connectivity index (χ4n) is 2.31. The van der Waals surface area contributed by atoms with E-state index in [4.69, 9.17) is 0 Å². The van der Waals surface area contributed by atoms with Crippen LogP contribution in [0.3, 0.4) is 0 Å². The Balaban J connectivity index is 2.10. The molecule has 2 rings (SSSR count). The lowest BCUT2D eigenvalue weighted by Gasteiger charge is -2.21. The molecule has 0 fully saturated rings. The summed E-state index contributed by atoms with van der Waals surface area (Å²) in [6.45, 7) is 2.73. The third-order valence-corrected chi connectivity index (χ3v) is 3.56. The average molecular weight is 350 g/mol. The number of hydrogen-bond donors (Lipinski definition) is 1. The summed E-state index contributed by atoms with van der Waals surface area (Å²) >= 11 is 0. The van der Waals surface area contributed by atoms with Gasteiger partial charge in [0.15, 0.2) is 17.5 Å². The monoisotopic (exact) mass is 350 g/mol. The maximum atomic E-state index is 13.9. The van der Waals surface area contributed by atoms with Gasteiger partial charge < -0.3 is 10.2 Å². The molecule has 7 heteroatoms. The first-order valence-corrected chi connectivity index (χ1v) is 7.53. The molecule has 4 nitrogen and oxygen atoms in total. The average Bonchev–Trinajstić information content (AvgIpc) is 2.56. The largest absolute Gasteiger partial charge is 0.350 e. The van der Waals surface area contributed by atoms with Gasteiger partial charge in [0.2, 0.25) is 11.8 Å². The predicted molar refractivity (Wildman–Crippen MR) is 87.4 cm³/mol. The Morgan fingerprint density at radius 3 is 2.44 bits per heavy atom. The summed E-state index contributed by atoms with van der Waals surface area (Å²) in [5.41, 5.74) is 1.40. The highest BCUT2D eigenvalue weighted by Gasteiger charge is 2.23. The standard InChI is InChI=1S/C18H17F3N2O2/c1-11-4-3-5-13(8-11)9-22-16(25)10-23(12(2)24)15-7-6-14(19)17(20)18(15)21/h3-8H,9-10H2,1-2H3,(H,22,25). The molecular formula is C18H17F3N2O2. The summed E-state index contributed by atoms with van der Waals surface area (Å²) in [5, 5.41) is 2.60. The van der Waals surface area contributed by atoms with Crippen molar-refractivity contribution in [2.75, 3.05) is 11.4 Å². The fraction of sp³-hybridized carbons (Fsp3) is 0.222. The molecule has 0 aliphatic heterocycles. The molecule has 2 aromatic rings. The number of carbonyl (C=O) groups excluding carboxylic acids is 2. The van der Waals surface area contributed by atoms with Crippen LogP contribution in [0.1, 0.15) is 18.1 Å². The van der Waals surface area contributed by atoms with Crippen LogP contribution in [0.15, 0.2) is 36.4 Å². The molecule has 0 spiro atoms. The third kappa shape index (κ3) is 4.59. The van der Waals surface area contributed by atoms with Crippen molar-refractivity contribution >= 4 is 17.5 Å². The maximum Gasteiger partial charge on any atom is 0.240 e. The number of rotatable bonds is 5. The van der Waals surface area contributed by atoms with Crippen LogP contribution in [-0.4, -0.2) is 18.4 Å². The Kier molecular flexibility index (Phi) is 5.80. The van der Waals surface area contributed by atoms with Crippen LogP contribution in [0.2, 0.25) is 0 Å². The second-order valence-corrected chi connectivity index (χ2v) is 5.57. The van der Waals surface area contributed by atoms with E-state index in [1.54, 1.807) is 0 Å². The van der Waals surface area contributed by atoms with Crippen LogP contribution < -0.4 is 10.2 Å². The Hall–Kier alpha value is -2.83. The lowest BCUT2D eigenvalue weighted by molar-refractivity contribution is -0.123. The predicted octanol–water partition coefficient (Wildman–Crippen LogP) is 3.08. The van der Waals surface area contributed by atoms with Crippen LogP contribution in [0.25, 0.3) is 0 Å². The van der Waals surface area contributed by atoms with E-state index in [1.807, 2.05) is 31.2 Å². The fourth-order valence-corrected chi connectivity index (χ4v) is 2.31. The highest BCUT2D eigenvalue weighted by Crippen LogP contribution is 2.23. The van der Waals surface area contributed by atoms with Crippen LogP contribution >= 0.6 is 0 Å². The first kappa shape index (κ1) is 18.5. The zero-order valence-electron chi connectivity index (χ0n) is 13.8. The SMILES string of the molecule is CC(=O)N(CC(=O)NCc1cccc(C)c1)c1ccc(F)c(F)c1F. The number of benzene rings is 2. The second-order valence-electron chi connectivity index (χ2n) is 5.57. The Morgan fingerprint density at radius 1 is 1.08 bits per heavy atom. The molecule has 0 radical (unpaired) electrons. The van der Waals surface area contributed by atoms with Gasteiger partial charge in [0, 0.05) is 13.5 Å². The van der Waals surface area contributed by atoms with Gasteiger partial charge in [-0.2, -0.15) is 0 Å². The number of anilines is 1. The highest BCUT2D eigenvalue weighted by molar-refractivity contribution is 5.97. The van der Waals surface area contributed by atoms with E-state index in [0.717, 1.165) is 29.0 Å². The molecule has 132 valence electrons. The highest BCUT2D eigenvalue weighted by atomic mass is 19.2. The lowest BCUT2D eigenvalue weighted by atomic mass is 10.1. The normalized spacial score (nSPS) is 10.4. The summed E-state index contributed by atoms with van der Waals surface area (Å²) in [5.74, 6) is -5.80. The number of aryl methyl sites for hydroxylation is 1. The number of nitrogens with zero attached hydrogens (tertiary/aromatic N) is 1. The molecule has 0 atom stereocenters. The molecule has 1 N–H and O–H groups in total. The zero-order valence-corrected chi connectivity index (χ0v) is 13.8. The van der Waals surface area contributed by atoms with Gasteiger partial charge in [-0.05, 0) is 24.6 Å². The summed E-state index contributed by atoms with van der Waals surface area (Å²) in [6, 6.07) is 9.09. The number of nitrogens with one attached hydrogen (secondary N) is 1. The van der Waals surface area contributed by atoms with Crippen molar-refractivity contribution in [1.29, 1.82) is 0 Å². The zero-order chi connectivity index (χ0) is 18.6. The van der Waals surface area contributed by atoms with Crippen LogP contribution in [0, 0.1) is 24.4 Å². The number of halogens is 3. The molecule has 2 aromatic carbocycles. The first-order valence-electron chi connectivity index (χ1n) is 7.53. The molecule has 0 aliphatic carbocycles. The van der Waals surface area contributed by atoms with Gasteiger partial charge in [-0.25, -0.2) is 13.2 Å². The molecule has 0 saturated carbocycles. The van der Waals surface area contributed by atoms with Crippen LogP contribution in [0.4, 0.5) is 18.9 Å². The van der Waals surface area contributed by atoms with Crippen molar-refractivity contribution in [3.05, 3.63) is 65.0 Å². The summed E-state index contributed by atoms with van der Waals surface area (Å²) in [7, 11) is 0. The molecule has 0 heterocycles. The molecule has 25 heavy (non-hydrogen) atoms. The summed E-state index contributed by atoms with van der Waals surface area (Å²) < 4.78 is 40.3. The smallest absolute Gasteiger partial charge is 0.240 e. The molecule has 0 aromatic heterocycles. The molecular weight excluding hydrogens is 333 g/mol. The van der Waals surface area contributed by atoms with Gasteiger partial charge in [-0.3, -0.25) is 9.59 Å². The quantitative estimate of drug-likeness (QED) is 0.843. The van der Waals surface area contributed by atoms with Crippen molar-refractivity contribution in [1.82, 2.24) is 5.32 Å². The number of amides is 2. The van der Waals surface area contributed by atoms with Gasteiger partial charge in [-0.15, -0.1) is 0 Å². The lowest BCUT2D eigenvalue weighted by Crippen LogP contribution is -2.40. The minimum atomic E-state index is -1.69. The minimum Gasteiger partial charge on any atom is -0.350 e. The first-order chi connectivity index (χ1) is 11.8. The Morgan fingerprint density at radius 2 is 1.80 bits per heavy atom. The molecule has 0 aliphatic rings. The minimum absolute atomic E-state index is 0.229. The Bertz CT molecular complexity index is 809. The molecule has 0 saturated heterocycles. The van der Waals surface area contributed by atoms with Crippen molar-refractivity contribution in [2.45, 2.75) is 20.4 Å². The van der Waals surface area contributed by atoms with Gasteiger partial charge >= 0.3 is 0 Å². The Labute approximate surface area is 143 Å². The van der Waals surface area contributed by atoms with Gasteiger partial charge in [0.1, 0.15) is 6.54 Å². The topological polar surface area (TPSA) is 49.4 Å². The van der Waals surface area contributed by atoms with E-state index in [9.17, 15) is 22.8 Å². The van der Waals surface area contributed by atoms with Gasteiger partial charge in [0.05, 0.1) is 5.69 Å². The van der Waals surface area contributed by atoms with E-state index in [0.29, 0.717) is 6.07 Å². The van der Waals surface area contributed by atoms with Crippen LogP contribution in [-0.2, 0) is 16.1 Å². The number of carbonyl (C=O) groups is 2. The van der Waals surface area contributed by atoms with Crippen molar-refractivity contribution in [3.8, 4) is 0 Å². The molecule has 0 bridgehead atoms. The van der Waals surface area contributed by atoms with Gasteiger partial charge in [0.25, 0.3) is 0 Å². The maximum absolute atomic E-state index is 13.9. The van der Waals surface area contributed by atoms with Gasteiger partial charge in [-0.1, -0.05) is 29.8 Å². The van der Waals surface area contributed by atoms with Crippen LogP contribution in [0.5, 0.6) is 0 Å². The third-order valence-electron chi connectivity index (χ3n) is 3.56. The van der Waals surface area contributed by atoms with Crippen molar-refractivity contribution in [2.24, 2.45) is 0 Å². The van der Waals surface area contributed by atoms with E-state index in [1.165, 1.54) is 0 Å². The van der Waals surface area contributed by atoms with E-state index in [-0.39, 0.29) is 6.54 Å².